The van der Waals surface area contributed by atoms with Gasteiger partial charge in [-0.25, -0.2) is 0 Å². The third-order valence-electron chi connectivity index (χ3n) is 3.16. The molecule has 1 N–H and O–H groups in total. The molecule has 3 aromatic rings. The molecule has 2 aromatic carbocycles. The second kappa shape index (κ2) is 4.61. The summed E-state index contributed by atoms with van der Waals surface area (Å²) in [6.45, 7) is 2.20. The molecule has 3 heteroatoms. The van der Waals surface area contributed by atoms with Crippen molar-refractivity contribution in [3.63, 3.8) is 0 Å². The van der Waals surface area contributed by atoms with Crippen molar-refractivity contribution in [2.45, 2.75) is 19.8 Å². The molecule has 0 aliphatic heterocycles. The molecule has 1 aromatic heterocycles. The highest BCUT2D eigenvalue weighted by molar-refractivity contribution is 5.93. The van der Waals surface area contributed by atoms with Gasteiger partial charge in [0.1, 0.15) is 11.0 Å². The van der Waals surface area contributed by atoms with Crippen LogP contribution in [0.15, 0.2) is 42.5 Å². The van der Waals surface area contributed by atoms with E-state index in [1.165, 1.54) is 16.7 Å². The van der Waals surface area contributed by atoms with Crippen LogP contribution < -0.4 is 0 Å². The molecule has 0 bridgehead atoms. The van der Waals surface area contributed by atoms with Crippen LogP contribution in [0.2, 0.25) is 0 Å². The van der Waals surface area contributed by atoms with Crippen molar-refractivity contribution in [3.8, 4) is 11.1 Å². The van der Waals surface area contributed by atoms with Crippen LogP contribution in [0, 0.1) is 0 Å². The van der Waals surface area contributed by atoms with E-state index in [4.69, 9.17) is 0 Å². The average Bonchev–Trinajstić information content (AvgIpc) is 2.88. The van der Waals surface area contributed by atoms with Crippen molar-refractivity contribution in [2.24, 2.45) is 0 Å². The highest BCUT2D eigenvalue weighted by Gasteiger charge is 2.11. The van der Waals surface area contributed by atoms with E-state index in [1.54, 1.807) is 0 Å². The van der Waals surface area contributed by atoms with Gasteiger partial charge in [0.05, 0.1) is 0 Å². The van der Waals surface area contributed by atoms with E-state index in [1.807, 2.05) is 12.1 Å². The first kappa shape index (κ1) is 11.0. The molecule has 90 valence electrons. The summed E-state index contributed by atoms with van der Waals surface area (Å²) in [7, 11) is 0. The predicted octanol–water partition coefficient (Wildman–Crippen LogP) is 3.58. The largest absolute Gasteiger partial charge is 0.197 e. The number of nitrogens with one attached hydrogen (secondary N) is 1. The van der Waals surface area contributed by atoms with E-state index in [9.17, 15) is 0 Å². The number of aromatic nitrogens is 3. The van der Waals surface area contributed by atoms with Gasteiger partial charge in [-0.2, -0.15) is 15.4 Å². The van der Waals surface area contributed by atoms with Crippen molar-refractivity contribution in [1.29, 1.82) is 0 Å². The molecule has 18 heavy (non-hydrogen) atoms. The van der Waals surface area contributed by atoms with Gasteiger partial charge in [-0.15, -0.1) is 0 Å². The second-order valence-electron chi connectivity index (χ2n) is 4.41. The number of H-pyrrole nitrogens is 1. The normalized spacial score (nSPS) is 10.9. The third-order valence-corrected chi connectivity index (χ3v) is 3.16. The number of hydrogen-bond donors (Lipinski definition) is 1. The van der Waals surface area contributed by atoms with Crippen LogP contribution in [0.1, 0.15) is 18.9 Å². The fourth-order valence-electron chi connectivity index (χ4n) is 2.36. The first-order chi connectivity index (χ1) is 8.90. The molecule has 0 radical (unpaired) electrons. The molecule has 1 heterocycles. The Bertz CT molecular complexity index is 656. The van der Waals surface area contributed by atoms with Gasteiger partial charge in [0.15, 0.2) is 0 Å². The van der Waals surface area contributed by atoms with Gasteiger partial charge in [0.2, 0.25) is 0 Å². The van der Waals surface area contributed by atoms with E-state index in [0.29, 0.717) is 0 Å². The zero-order valence-corrected chi connectivity index (χ0v) is 10.4. The lowest BCUT2D eigenvalue weighted by molar-refractivity contribution is 0.924. The topological polar surface area (TPSA) is 41.6 Å². The Morgan fingerprint density at radius 1 is 1.00 bits per heavy atom. The highest BCUT2D eigenvalue weighted by atomic mass is 15.3. The van der Waals surface area contributed by atoms with Crippen molar-refractivity contribution < 1.29 is 0 Å². The van der Waals surface area contributed by atoms with Crippen molar-refractivity contribution >= 4 is 11.0 Å². The number of fused-ring (bicyclic) bond motifs is 1. The average molecular weight is 237 g/mol. The van der Waals surface area contributed by atoms with Crippen molar-refractivity contribution in [3.05, 3.63) is 48.0 Å². The lowest BCUT2D eigenvalue weighted by atomic mass is 9.95. The van der Waals surface area contributed by atoms with Gasteiger partial charge < -0.3 is 0 Å². The van der Waals surface area contributed by atoms with Crippen LogP contribution in [0.25, 0.3) is 22.2 Å². The van der Waals surface area contributed by atoms with Crippen LogP contribution >= 0.6 is 0 Å². The molecule has 3 nitrogen and oxygen atoms in total. The number of aromatic amines is 1. The smallest absolute Gasteiger partial charge is 0.121 e. The van der Waals surface area contributed by atoms with E-state index in [2.05, 4.69) is 52.7 Å². The van der Waals surface area contributed by atoms with E-state index < -0.39 is 0 Å². The maximum atomic E-state index is 4.30. The van der Waals surface area contributed by atoms with Gasteiger partial charge in [-0.05, 0) is 23.6 Å². The lowest BCUT2D eigenvalue weighted by Gasteiger charge is -2.09. The maximum absolute atomic E-state index is 4.30. The number of rotatable bonds is 3. The van der Waals surface area contributed by atoms with Gasteiger partial charge in [0, 0.05) is 5.56 Å². The van der Waals surface area contributed by atoms with Crippen LogP contribution in [0.4, 0.5) is 0 Å². The molecule has 0 aliphatic rings. The minimum Gasteiger partial charge on any atom is -0.197 e. The first-order valence-corrected chi connectivity index (χ1v) is 6.28. The Morgan fingerprint density at radius 2 is 1.83 bits per heavy atom. The summed E-state index contributed by atoms with van der Waals surface area (Å²) < 4.78 is 0. The molecule has 0 unspecified atom stereocenters. The lowest BCUT2D eigenvalue weighted by Crippen LogP contribution is -1.91. The van der Waals surface area contributed by atoms with Gasteiger partial charge >= 0.3 is 0 Å². The summed E-state index contributed by atoms with van der Waals surface area (Å²) in [5, 5.41) is 11.2. The monoisotopic (exact) mass is 237 g/mol. The van der Waals surface area contributed by atoms with Crippen LogP contribution in [0.3, 0.4) is 0 Å². The van der Waals surface area contributed by atoms with E-state index in [0.717, 1.165) is 23.9 Å². The Kier molecular flexibility index (Phi) is 2.81. The zero-order valence-electron chi connectivity index (χ0n) is 10.4. The van der Waals surface area contributed by atoms with Crippen LogP contribution in [-0.4, -0.2) is 15.4 Å². The molecule has 0 spiro atoms. The predicted molar refractivity (Wildman–Crippen MR) is 73.3 cm³/mol. The van der Waals surface area contributed by atoms with E-state index >= 15 is 0 Å². The minimum atomic E-state index is 0.925. The second-order valence-corrected chi connectivity index (χ2v) is 4.41. The van der Waals surface area contributed by atoms with Gasteiger partial charge in [-0.3, -0.25) is 0 Å². The quantitative estimate of drug-likeness (QED) is 0.756. The van der Waals surface area contributed by atoms with Gasteiger partial charge in [0.25, 0.3) is 0 Å². The fraction of sp³-hybridized carbons (Fsp3) is 0.200. The molecular formula is C15H15N3. The summed E-state index contributed by atoms with van der Waals surface area (Å²) in [6, 6.07) is 14.6. The highest BCUT2D eigenvalue weighted by Crippen LogP contribution is 2.30. The third kappa shape index (κ3) is 1.78. The summed E-state index contributed by atoms with van der Waals surface area (Å²) in [4.78, 5) is 0. The molecule has 0 saturated heterocycles. The first-order valence-electron chi connectivity index (χ1n) is 6.28. The molecule has 0 saturated carbocycles. The summed E-state index contributed by atoms with van der Waals surface area (Å²) in [6.07, 6.45) is 2.19. The zero-order chi connectivity index (χ0) is 12.4. The Labute approximate surface area is 106 Å². The molecule has 3 rings (SSSR count). The molecule has 0 fully saturated rings. The van der Waals surface area contributed by atoms with Crippen LogP contribution in [0.5, 0.6) is 0 Å². The molecule has 0 atom stereocenters. The molecule has 0 amide bonds. The Hall–Kier alpha value is -2.16. The molecular weight excluding hydrogens is 222 g/mol. The maximum Gasteiger partial charge on any atom is 0.121 e. The number of hydrogen-bond acceptors (Lipinski definition) is 2. The summed E-state index contributed by atoms with van der Waals surface area (Å²) in [5.74, 6) is 0. The van der Waals surface area contributed by atoms with Gasteiger partial charge in [-0.1, -0.05) is 49.7 Å². The standard InChI is InChI=1S/C15H15N3/c1-2-6-11-9-10-13-15(17-18-16-13)14(11)12-7-4-3-5-8-12/h3-5,7-10H,2,6H2,1H3,(H,16,17,18). The van der Waals surface area contributed by atoms with E-state index in [-0.39, 0.29) is 0 Å². The summed E-state index contributed by atoms with van der Waals surface area (Å²) >= 11 is 0. The minimum absolute atomic E-state index is 0.925. The number of nitrogens with zero attached hydrogens (tertiary/aromatic N) is 2. The number of benzene rings is 2. The van der Waals surface area contributed by atoms with Crippen LogP contribution in [-0.2, 0) is 6.42 Å². The number of aryl methyl sites for hydroxylation is 1. The Balaban J connectivity index is 2.29. The molecule has 0 aliphatic carbocycles. The Morgan fingerprint density at radius 3 is 2.61 bits per heavy atom. The van der Waals surface area contributed by atoms with Crippen molar-refractivity contribution in [1.82, 2.24) is 15.4 Å². The summed E-state index contributed by atoms with van der Waals surface area (Å²) in [5.41, 5.74) is 5.65. The SMILES string of the molecule is CCCc1ccc2n[nH]nc2c1-c1ccccc1. The van der Waals surface area contributed by atoms with Crippen molar-refractivity contribution in [2.75, 3.05) is 0 Å². The fourth-order valence-corrected chi connectivity index (χ4v) is 2.36.